The van der Waals surface area contributed by atoms with E-state index in [0.29, 0.717) is 0 Å². The number of rotatable bonds is 1. The second-order valence-electron chi connectivity index (χ2n) is 1.95. The molecule has 0 nitrogen and oxygen atoms in total. The molecule has 0 aliphatic rings. The van der Waals surface area contributed by atoms with Crippen molar-refractivity contribution in [3.05, 3.63) is 29.8 Å². The molecule has 0 amide bonds. The van der Waals surface area contributed by atoms with Crippen LogP contribution in [-0.4, -0.2) is 6.26 Å². The van der Waals surface area contributed by atoms with E-state index in [9.17, 15) is 0 Å². The predicted octanol–water partition coefficient (Wildman–Crippen LogP) is 2.52. The largest absolute Gasteiger partial charge is 0.130 e. The number of thioether (sulfide) groups is 1. The SMILES string of the molecule is CSc1c[c]cc(C)c1. The Kier molecular flexibility index (Phi) is 2.17. The monoisotopic (exact) mass is 137 g/mol. The molecule has 0 saturated carbocycles. The minimum atomic E-state index is 1.28. The van der Waals surface area contributed by atoms with E-state index in [2.05, 4.69) is 25.3 Å². The van der Waals surface area contributed by atoms with Gasteiger partial charge in [-0.1, -0.05) is 6.07 Å². The molecule has 0 unspecified atom stereocenters. The second-order valence-corrected chi connectivity index (χ2v) is 2.83. The molecule has 0 aromatic heterocycles. The van der Waals surface area contributed by atoms with Crippen LogP contribution in [0.15, 0.2) is 23.1 Å². The number of benzene rings is 1. The van der Waals surface area contributed by atoms with Crippen LogP contribution in [0.1, 0.15) is 5.56 Å². The summed E-state index contributed by atoms with van der Waals surface area (Å²) in [6.07, 6.45) is 2.07. The fourth-order valence-electron chi connectivity index (χ4n) is 0.681. The molecule has 1 aromatic rings. The standard InChI is InChI=1S/C8H9S/c1-7-4-3-5-8(6-7)9-2/h4-6H,1-2H3. The molecule has 0 atom stereocenters. The van der Waals surface area contributed by atoms with Crippen LogP contribution in [-0.2, 0) is 0 Å². The fraction of sp³-hybridized carbons (Fsp3) is 0.250. The first-order chi connectivity index (χ1) is 4.33. The highest BCUT2D eigenvalue weighted by atomic mass is 32.2. The third-order valence-corrected chi connectivity index (χ3v) is 1.85. The normalized spacial score (nSPS) is 9.56. The first-order valence-electron chi connectivity index (χ1n) is 2.84. The van der Waals surface area contributed by atoms with Gasteiger partial charge in [0.2, 0.25) is 0 Å². The minimum absolute atomic E-state index is 1.28. The maximum atomic E-state index is 3.06. The van der Waals surface area contributed by atoms with Crippen molar-refractivity contribution in [1.82, 2.24) is 0 Å². The van der Waals surface area contributed by atoms with Crippen molar-refractivity contribution in [2.45, 2.75) is 11.8 Å². The smallest absolute Gasteiger partial charge is 0.00779 e. The van der Waals surface area contributed by atoms with E-state index in [0.717, 1.165) is 0 Å². The maximum Gasteiger partial charge on any atom is 0.00779 e. The quantitative estimate of drug-likeness (QED) is 0.536. The van der Waals surface area contributed by atoms with Gasteiger partial charge in [0, 0.05) is 4.90 Å². The van der Waals surface area contributed by atoms with Gasteiger partial charge in [0.05, 0.1) is 0 Å². The second kappa shape index (κ2) is 2.92. The highest BCUT2D eigenvalue weighted by molar-refractivity contribution is 7.98. The van der Waals surface area contributed by atoms with Crippen molar-refractivity contribution >= 4 is 11.8 Å². The highest BCUT2D eigenvalue weighted by Gasteiger charge is 1.86. The van der Waals surface area contributed by atoms with Crippen LogP contribution in [0.5, 0.6) is 0 Å². The van der Waals surface area contributed by atoms with E-state index in [1.54, 1.807) is 11.8 Å². The Morgan fingerprint density at radius 2 is 2.22 bits per heavy atom. The zero-order valence-corrected chi connectivity index (χ0v) is 6.46. The van der Waals surface area contributed by atoms with Gasteiger partial charge in [-0.25, -0.2) is 0 Å². The van der Waals surface area contributed by atoms with Crippen LogP contribution >= 0.6 is 11.8 Å². The Labute approximate surface area is 60.3 Å². The predicted molar refractivity (Wildman–Crippen MR) is 41.8 cm³/mol. The Balaban J connectivity index is 2.94. The molecule has 9 heavy (non-hydrogen) atoms. The van der Waals surface area contributed by atoms with Crippen LogP contribution in [0.2, 0.25) is 0 Å². The van der Waals surface area contributed by atoms with Crippen LogP contribution in [0.4, 0.5) is 0 Å². The van der Waals surface area contributed by atoms with Crippen molar-refractivity contribution in [3.8, 4) is 0 Å². The summed E-state index contributed by atoms with van der Waals surface area (Å²) in [4.78, 5) is 1.29. The van der Waals surface area contributed by atoms with Crippen LogP contribution < -0.4 is 0 Å². The molecule has 1 aromatic carbocycles. The molecule has 0 bridgehead atoms. The molecule has 0 fully saturated rings. The van der Waals surface area contributed by atoms with Crippen molar-refractivity contribution < 1.29 is 0 Å². The molecule has 1 rings (SSSR count). The molecule has 0 N–H and O–H groups in total. The van der Waals surface area contributed by atoms with E-state index >= 15 is 0 Å². The van der Waals surface area contributed by atoms with E-state index in [1.807, 2.05) is 12.1 Å². The lowest BCUT2D eigenvalue weighted by molar-refractivity contribution is 1.36. The lowest BCUT2D eigenvalue weighted by Crippen LogP contribution is -1.71. The van der Waals surface area contributed by atoms with E-state index in [-0.39, 0.29) is 0 Å². The number of hydrogen-bond acceptors (Lipinski definition) is 1. The third kappa shape index (κ3) is 1.75. The van der Waals surface area contributed by atoms with Crippen molar-refractivity contribution in [2.75, 3.05) is 6.26 Å². The summed E-state index contributed by atoms with van der Waals surface area (Å²) in [5.41, 5.74) is 1.28. The van der Waals surface area contributed by atoms with Gasteiger partial charge in [-0.05, 0) is 36.9 Å². The van der Waals surface area contributed by atoms with Gasteiger partial charge in [-0.2, -0.15) is 0 Å². The van der Waals surface area contributed by atoms with E-state index < -0.39 is 0 Å². The topological polar surface area (TPSA) is 0 Å². The zero-order chi connectivity index (χ0) is 6.69. The molecule has 0 saturated heterocycles. The zero-order valence-electron chi connectivity index (χ0n) is 5.64. The molecule has 1 radical (unpaired) electrons. The average molecular weight is 137 g/mol. The molecule has 0 heterocycles. The maximum absolute atomic E-state index is 3.06. The molecular formula is C8H9S. The van der Waals surface area contributed by atoms with Crippen LogP contribution in [0.25, 0.3) is 0 Å². The average Bonchev–Trinajstić information content (AvgIpc) is 1.88. The summed E-state index contributed by atoms with van der Waals surface area (Å²) < 4.78 is 0. The van der Waals surface area contributed by atoms with Gasteiger partial charge in [0.25, 0.3) is 0 Å². The van der Waals surface area contributed by atoms with Crippen molar-refractivity contribution in [1.29, 1.82) is 0 Å². The van der Waals surface area contributed by atoms with Gasteiger partial charge in [-0.3, -0.25) is 0 Å². The summed E-state index contributed by atoms with van der Waals surface area (Å²) in [6, 6.07) is 9.20. The molecular weight excluding hydrogens is 128 g/mol. The third-order valence-electron chi connectivity index (χ3n) is 1.14. The summed E-state index contributed by atoms with van der Waals surface area (Å²) in [6.45, 7) is 2.08. The van der Waals surface area contributed by atoms with Crippen LogP contribution in [0, 0.1) is 13.0 Å². The summed E-state index contributed by atoms with van der Waals surface area (Å²) in [5.74, 6) is 0. The molecule has 1 heteroatoms. The molecule has 0 spiro atoms. The Bertz CT molecular complexity index is 194. The molecule has 47 valence electrons. The highest BCUT2D eigenvalue weighted by Crippen LogP contribution is 2.14. The first-order valence-corrected chi connectivity index (χ1v) is 4.07. The minimum Gasteiger partial charge on any atom is -0.130 e. The number of aryl methyl sites for hydroxylation is 1. The van der Waals surface area contributed by atoms with Gasteiger partial charge >= 0.3 is 0 Å². The first kappa shape index (κ1) is 6.69. The Hall–Kier alpha value is -0.430. The Morgan fingerprint density at radius 1 is 1.44 bits per heavy atom. The van der Waals surface area contributed by atoms with E-state index in [1.165, 1.54) is 10.5 Å². The van der Waals surface area contributed by atoms with Crippen molar-refractivity contribution in [2.24, 2.45) is 0 Å². The van der Waals surface area contributed by atoms with E-state index in [4.69, 9.17) is 0 Å². The molecule has 0 aliphatic heterocycles. The fourth-order valence-corrected chi connectivity index (χ4v) is 1.17. The van der Waals surface area contributed by atoms with Gasteiger partial charge in [0.1, 0.15) is 0 Å². The van der Waals surface area contributed by atoms with Crippen LogP contribution in [0.3, 0.4) is 0 Å². The van der Waals surface area contributed by atoms with Gasteiger partial charge < -0.3 is 0 Å². The Morgan fingerprint density at radius 3 is 2.67 bits per heavy atom. The molecule has 0 aliphatic carbocycles. The summed E-state index contributed by atoms with van der Waals surface area (Å²) in [5, 5.41) is 0. The lowest BCUT2D eigenvalue weighted by Gasteiger charge is -1.94. The van der Waals surface area contributed by atoms with Gasteiger partial charge in [0.15, 0.2) is 0 Å². The number of hydrogen-bond donors (Lipinski definition) is 0. The lowest BCUT2D eigenvalue weighted by atomic mass is 10.2. The summed E-state index contributed by atoms with van der Waals surface area (Å²) in [7, 11) is 0. The van der Waals surface area contributed by atoms with Gasteiger partial charge in [-0.15, -0.1) is 11.8 Å². The summed E-state index contributed by atoms with van der Waals surface area (Å²) >= 11 is 1.75. The van der Waals surface area contributed by atoms with Crippen molar-refractivity contribution in [3.63, 3.8) is 0 Å².